The molecule has 1 aromatic heterocycles. The monoisotopic (exact) mass is 436 g/mol. The van der Waals surface area contributed by atoms with Crippen LogP contribution in [0.15, 0.2) is 41.8 Å². The number of rotatable bonds is 3. The van der Waals surface area contributed by atoms with Crippen LogP contribution in [0.5, 0.6) is 5.75 Å². The largest absolute Gasteiger partial charge is 0.534 e. The summed E-state index contributed by atoms with van der Waals surface area (Å²) in [6.45, 7) is 0. The van der Waals surface area contributed by atoms with Gasteiger partial charge >= 0.3 is 15.6 Å². The molecule has 0 unspecified atom stereocenters. The fourth-order valence-corrected chi connectivity index (χ4v) is 2.57. The molecule has 0 amide bonds. The number of hydrogen-bond donors (Lipinski definition) is 0. The normalized spacial score (nSPS) is 11.8. The molecule has 0 saturated heterocycles. The van der Waals surface area contributed by atoms with E-state index in [-0.39, 0.29) is 29.7 Å². The van der Waals surface area contributed by atoms with Crippen molar-refractivity contribution in [2.45, 2.75) is 5.51 Å². The smallest absolute Gasteiger partial charge is 0.375 e. The van der Waals surface area contributed by atoms with Gasteiger partial charge < -0.3 is 4.18 Å². The zero-order chi connectivity index (χ0) is 14.1. The molecule has 2 aromatic rings. The summed E-state index contributed by atoms with van der Waals surface area (Å²) >= 11 is 1.27. The van der Waals surface area contributed by atoms with Crippen molar-refractivity contribution < 1.29 is 25.8 Å². The average Bonchev–Trinajstić information content (AvgIpc) is 2.81. The van der Waals surface area contributed by atoms with Crippen LogP contribution < -0.4 is 4.18 Å². The van der Waals surface area contributed by atoms with Crippen molar-refractivity contribution >= 4 is 45.4 Å². The maximum atomic E-state index is 12.3. The zero-order valence-electron chi connectivity index (χ0n) is 9.62. The van der Waals surface area contributed by atoms with E-state index in [0.717, 1.165) is 0 Å². The van der Waals surface area contributed by atoms with E-state index in [1.54, 1.807) is 23.6 Å². The van der Waals surface area contributed by atoms with E-state index in [1.165, 1.54) is 29.5 Å². The molecule has 0 fully saturated rings. The summed E-state index contributed by atoms with van der Waals surface area (Å²) < 4.78 is 63.0. The van der Waals surface area contributed by atoms with Gasteiger partial charge in [0.2, 0.25) is 0 Å². The van der Waals surface area contributed by atoms with E-state index in [4.69, 9.17) is 0 Å². The Bertz CT molecular complexity index is 666. The lowest BCUT2D eigenvalue weighted by Crippen LogP contribution is -2.28. The minimum absolute atomic E-state index is 0. The molecule has 0 atom stereocenters. The molecule has 0 bridgehead atoms. The van der Waals surface area contributed by atoms with Gasteiger partial charge in [0.1, 0.15) is 0 Å². The van der Waals surface area contributed by atoms with Crippen molar-refractivity contribution in [1.29, 1.82) is 0 Å². The zero-order valence-corrected chi connectivity index (χ0v) is 13.6. The van der Waals surface area contributed by atoms with Gasteiger partial charge in [-0.05, 0) is 23.6 Å². The lowest BCUT2D eigenvalue weighted by molar-refractivity contribution is -0.0499. The molecule has 0 aliphatic heterocycles. The van der Waals surface area contributed by atoms with E-state index in [1.807, 2.05) is 0 Å². The minimum Gasteiger partial charge on any atom is -0.375 e. The molecule has 0 spiro atoms. The van der Waals surface area contributed by atoms with Gasteiger partial charge in [-0.3, -0.25) is 0 Å². The second-order valence-corrected chi connectivity index (χ2v) is 5.94. The highest BCUT2D eigenvalue weighted by atomic mass is 127. The number of thiophene rings is 1. The molecule has 1 aromatic carbocycles. The predicted molar refractivity (Wildman–Crippen MR) is 80.8 cm³/mol. The lowest BCUT2D eigenvalue weighted by atomic mass is 10.2. The van der Waals surface area contributed by atoms with Gasteiger partial charge in [0.05, 0.1) is 0 Å². The summed E-state index contributed by atoms with van der Waals surface area (Å²) in [5, 5.41) is 1.73. The van der Waals surface area contributed by atoms with Crippen LogP contribution in [0.2, 0.25) is 0 Å². The molecule has 0 radical (unpaired) electrons. The van der Waals surface area contributed by atoms with Crippen LogP contribution in [0.25, 0.3) is 10.4 Å². The number of benzene rings is 1. The Morgan fingerprint density at radius 1 is 1.05 bits per heavy atom. The highest BCUT2D eigenvalue weighted by molar-refractivity contribution is 14.0. The summed E-state index contributed by atoms with van der Waals surface area (Å²) in [5.74, 6) is -0.345. The molecule has 0 saturated carbocycles. The Hall–Kier alpha value is -0.810. The van der Waals surface area contributed by atoms with Gasteiger partial charge in [0.15, 0.2) is 5.75 Å². The van der Waals surface area contributed by atoms with Gasteiger partial charge in [-0.15, -0.1) is 35.3 Å². The van der Waals surface area contributed by atoms with Crippen molar-refractivity contribution in [3.8, 4) is 16.2 Å². The molecule has 0 N–H and O–H groups in total. The first kappa shape index (κ1) is 17.2. The summed E-state index contributed by atoms with van der Waals surface area (Å²) in [6, 6.07) is 9.02. The van der Waals surface area contributed by atoms with E-state index in [0.29, 0.717) is 10.4 Å². The summed E-state index contributed by atoms with van der Waals surface area (Å²) in [7, 11) is -5.66. The third-order valence-corrected chi connectivity index (χ3v) is 4.03. The van der Waals surface area contributed by atoms with E-state index in [9.17, 15) is 21.6 Å². The Balaban J connectivity index is 0.00000200. The molecule has 0 aliphatic carbocycles. The third kappa shape index (κ3) is 3.64. The molecule has 20 heavy (non-hydrogen) atoms. The second kappa shape index (κ2) is 6.31. The predicted octanol–water partition coefficient (Wildman–Crippen LogP) is 4.26. The molecular formula is C11H8F3IO3S2. The topological polar surface area (TPSA) is 43.4 Å². The van der Waals surface area contributed by atoms with Gasteiger partial charge in [0, 0.05) is 10.4 Å². The Kier molecular flexibility index (Phi) is 5.44. The fourth-order valence-electron chi connectivity index (χ4n) is 1.34. The summed E-state index contributed by atoms with van der Waals surface area (Å²) in [6.07, 6.45) is 0. The van der Waals surface area contributed by atoms with Crippen molar-refractivity contribution in [3.63, 3.8) is 0 Å². The highest BCUT2D eigenvalue weighted by Crippen LogP contribution is 2.36. The summed E-state index contributed by atoms with van der Waals surface area (Å²) in [4.78, 5) is 0.618. The first-order valence-corrected chi connectivity index (χ1v) is 7.24. The number of alkyl halides is 3. The maximum Gasteiger partial charge on any atom is 0.534 e. The minimum atomic E-state index is -5.66. The first-order chi connectivity index (χ1) is 8.81. The number of para-hydroxylation sites is 1. The molecule has 2 rings (SSSR count). The van der Waals surface area contributed by atoms with Crippen LogP contribution in [-0.4, -0.2) is 13.9 Å². The maximum absolute atomic E-state index is 12.3. The van der Waals surface area contributed by atoms with Crippen molar-refractivity contribution in [1.82, 2.24) is 0 Å². The Labute approximate surface area is 134 Å². The quantitative estimate of drug-likeness (QED) is 0.411. The standard InChI is InChI=1S/C11H7F3O3S2.HI/c12-11(13,14)19(15,16)17-9-5-2-1-4-8(9)10-6-3-7-18-10;/h1-7H;1H. The van der Waals surface area contributed by atoms with Crippen LogP contribution in [-0.2, 0) is 10.1 Å². The van der Waals surface area contributed by atoms with Gasteiger partial charge in [-0.2, -0.15) is 21.6 Å². The highest BCUT2D eigenvalue weighted by Gasteiger charge is 2.48. The fraction of sp³-hybridized carbons (Fsp3) is 0.0909. The Morgan fingerprint density at radius 3 is 2.25 bits per heavy atom. The van der Waals surface area contributed by atoms with Gasteiger partial charge in [0.25, 0.3) is 0 Å². The second-order valence-electron chi connectivity index (χ2n) is 3.46. The van der Waals surface area contributed by atoms with Crippen molar-refractivity contribution in [3.05, 3.63) is 41.8 Å². The molecule has 0 aliphatic rings. The molecule has 9 heteroatoms. The van der Waals surface area contributed by atoms with Gasteiger partial charge in [-0.25, -0.2) is 0 Å². The van der Waals surface area contributed by atoms with Crippen molar-refractivity contribution in [2.75, 3.05) is 0 Å². The van der Waals surface area contributed by atoms with Gasteiger partial charge in [-0.1, -0.05) is 18.2 Å². The SMILES string of the molecule is I.O=S(=O)(Oc1ccccc1-c1cccs1)C(F)(F)F. The van der Waals surface area contributed by atoms with E-state index >= 15 is 0 Å². The van der Waals surface area contributed by atoms with Crippen molar-refractivity contribution in [2.24, 2.45) is 0 Å². The first-order valence-electron chi connectivity index (χ1n) is 4.95. The van der Waals surface area contributed by atoms with Crippen LogP contribution in [0, 0.1) is 0 Å². The summed E-state index contributed by atoms with van der Waals surface area (Å²) in [5.41, 5.74) is -5.15. The molecule has 1 heterocycles. The van der Waals surface area contributed by atoms with E-state index in [2.05, 4.69) is 4.18 Å². The van der Waals surface area contributed by atoms with Crippen LogP contribution >= 0.6 is 35.3 Å². The molecular weight excluding hydrogens is 428 g/mol. The average molecular weight is 436 g/mol. The van der Waals surface area contributed by atoms with Crippen LogP contribution in [0.4, 0.5) is 13.2 Å². The number of halogens is 4. The van der Waals surface area contributed by atoms with Crippen LogP contribution in [0.3, 0.4) is 0 Å². The number of hydrogen-bond acceptors (Lipinski definition) is 4. The lowest BCUT2D eigenvalue weighted by Gasteiger charge is -2.12. The Morgan fingerprint density at radius 2 is 1.70 bits per heavy atom. The molecule has 3 nitrogen and oxygen atoms in total. The third-order valence-electron chi connectivity index (χ3n) is 2.16. The van der Waals surface area contributed by atoms with Crippen LogP contribution in [0.1, 0.15) is 0 Å². The molecule has 110 valence electrons. The van der Waals surface area contributed by atoms with E-state index < -0.39 is 15.6 Å².